The molecule has 0 saturated carbocycles. The van der Waals surface area contributed by atoms with Crippen LogP contribution in [0.25, 0.3) is 17.5 Å². The first-order valence-electron chi connectivity index (χ1n) is 9.99. The molecule has 1 fully saturated rings. The van der Waals surface area contributed by atoms with Crippen molar-refractivity contribution < 1.29 is 18.7 Å². The summed E-state index contributed by atoms with van der Waals surface area (Å²) in [7, 11) is 3.18. The number of carbonyl (C=O) groups excluding carboxylic acids is 1. The predicted octanol–water partition coefficient (Wildman–Crippen LogP) is 3.12. The second-order valence-electron chi connectivity index (χ2n) is 7.01. The van der Waals surface area contributed by atoms with Crippen LogP contribution in [0.1, 0.15) is 5.56 Å². The third-order valence-electron chi connectivity index (χ3n) is 5.17. The van der Waals surface area contributed by atoms with Crippen molar-refractivity contribution in [2.24, 2.45) is 0 Å². The fraction of sp³-hybridized carbons (Fsp3) is 0.261. The number of ether oxygens (including phenoxy) is 2. The maximum atomic E-state index is 12.6. The highest BCUT2D eigenvalue weighted by molar-refractivity contribution is 5.92. The number of piperazine rings is 1. The van der Waals surface area contributed by atoms with Gasteiger partial charge in [-0.3, -0.25) is 4.79 Å². The van der Waals surface area contributed by atoms with Crippen molar-refractivity contribution in [1.29, 1.82) is 0 Å². The summed E-state index contributed by atoms with van der Waals surface area (Å²) in [6, 6.07) is 13.0. The van der Waals surface area contributed by atoms with Crippen LogP contribution in [-0.2, 0) is 4.79 Å². The van der Waals surface area contributed by atoms with E-state index in [9.17, 15) is 4.79 Å². The number of aromatic nitrogens is 2. The van der Waals surface area contributed by atoms with E-state index in [1.165, 1.54) is 0 Å². The maximum Gasteiger partial charge on any atom is 0.246 e. The highest BCUT2D eigenvalue weighted by atomic mass is 16.5. The van der Waals surface area contributed by atoms with Gasteiger partial charge in [-0.2, -0.15) is 0 Å². The summed E-state index contributed by atoms with van der Waals surface area (Å²) in [5, 5.41) is 8.55. The van der Waals surface area contributed by atoms with Gasteiger partial charge >= 0.3 is 0 Å². The van der Waals surface area contributed by atoms with E-state index in [1.54, 1.807) is 32.6 Å². The predicted molar refractivity (Wildman–Crippen MR) is 117 cm³/mol. The molecule has 1 aliphatic rings. The summed E-state index contributed by atoms with van der Waals surface area (Å²) >= 11 is 0. The Hall–Kier alpha value is -3.81. The van der Waals surface area contributed by atoms with E-state index in [0.29, 0.717) is 49.1 Å². The van der Waals surface area contributed by atoms with Gasteiger partial charge in [-0.1, -0.05) is 6.07 Å². The Balaban J connectivity index is 1.33. The number of amides is 1. The Morgan fingerprint density at radius 3 is 2.45 bits per heavy atom. The topological polar surface area (TPSA) is 80.9 Å². The Labute approximate surface area is 180 Å². The number of hydrogen-bond donors (Lipinski definition) is 0. The van der Waals surface area contributed by atoms with Crippen LogP contribution in [0.4, 0.5) is 5.82 Å². The molecule has 3 heterocycles. The number of anilines is 1. The first-order chi connectivity index (χ1) is 15.2. The quantitative estimate of drug-likeness (QED) is 0.567. The van der Waals surface area contributed by atoms with Crippen LogP contribution in [0.15, 0.2) is 59.2 Å². The Morgan fingerprint density at radius 1 is 1.00 bits per heavy atom. The summed E-state index contributed by atoms with van der Waals surface area (Å²) in [4.78, 5) is 16.6. The van der Waals surface area contributed by atoms with Crippen LogP contribution in [0, 0.1) is 0 Å². The van der Waals surface area contributed by atoms with Crippen molar-refractivity contribution in [2.45, 2.75) is 0 Å². The number of furan rings is 1. The van der Waals surface area contributed by atoms with Gasteiger partial charge in [0, 0.05) is 32.3 Å². The Bertz CT molecular complexity index is 1040. The Kier molecular flexibility index (Phi) is 6.16. The van der Waals surface area contributed by atoms with Crippen molar-refractivity contribution >= 4 is 17.8 Å². The van der Waals surface area contributed by atoms with Gasteiger partial charge in [0.05, 0.1) is 20.5 Å². The van der Waals surface area contributed by atoms with E-state index in [2.05, 4.69) is 15.1 Å². The van der Waals surface area contributed by atoms with Crippen molar-refractivity contribution in [2.75, 3.05) is 45.3 Å². The van der Waals surface area contributed by atoms with E-state index in [0.717, 1.165) is 11.4 Å². The van der Waals surface area contributed by atoms with E-state index in [-0.39, 0.29) is 5.91 Å². The van der Waals surface area contributed by atoms with Gasteiger partial charge in [-0.15, -0.1) is 10.2 Å². The van der Waals surface area contributed by atoms with Crippen molar-refractivity contribution in [3.05, 3.63) is 60.4 Å². The van der Waals surface area contributed by atoms with Crippen molar-refractivity contribution in [3.63, 3.8) is 0 Å². The summed E-state index contributed by atoms with van der Waals surface area (Å²) in [5.74, 6) is 2.75. The number of nitrogens with zero attached hydrogens (tertiary/aromatic N) is 4. The number of carbonyl (C=O) groups is 1. The molecule has 0 bridgehead atoms. The molecule has 0 N–H and O–H groups in total. The first-order valence-corrected chi connectivity index (χ1v) is 9.99. The molecule has 8 nitrogen and oxygen atoms in total. The minimum Gasteiger partial charge on any atom is -0.493 e. The third-order valence-corrected chi connectivity index (χ3v) is 5.17. The largest absolute Gasteiger partial charge is 0.493 e. The molecule has 0 unspecified atom stereocenters. The molecule has 31 heavy (non-hydrogen) atoms. The number of hydrogen-bond acceptors (Lipinski definition) is 7. The number of benzene rings is 1. The zero-order chi connectivity index (χ0) is 21.6. The zero-order valence-corrected chi connectivity index (χ0v) is 17.5. The van der Waals surface area contributed by atoms with Gasteiger partial charge in [-0.25, -0.2) is 0 Å². The van der Waals surface area contributed by atoms with E-state index < -0.39 is 0 Å². The summed E-state index contributed by atoms with van der Waals surface area (Å²) < 4.78 is 15.9. The monoisotopic (exact) mass is 420 g/mol. The smallest absolute Gasteiger partial charge is 0.246 e. The number of methoxy groups -OCH3 is 2. The fourth-order valence-electron chi connectivity index (χ4n) is 3.43. The van der Waals surface area contributed by atoms with Gasteiger partial charge < -0.3 is 23.7 Å². The molecule has 0 aliphatic carbocycles. The standard InChI is InChI=1S/C23H24N4O4/c1-29-20-8-5-17(16-21(20)30-2)6-10-23(28)27-13-11-26(12-14-27)22-9-7-18(24-25-22)19-4-3-15-31-19/h3-10,15-16H,11-14H2,1-2H3/b10-6+. The molecule has 0 radical (unpaired) electrons. The zero-order valence-electron chi connectivity index (χ0n) is 17.5. The summed E-state index contributed by atoms with van der Waals surface area (Å²) in [6.07, 6.45) is 4.99. The van der Waals surface area contributed by atoms with Gasteiger partial charge in [0.1, 0.15) is 5.69 Å². The van der Waals surface area contributed by atoms with Gasteiger partial charge in [-0.05, 0) is 48.0 Å². The lowest BCUT2D eigenvalue weighted by atomic mass is 10.2. The molecular weight excluding hydrogens is 396 g/mol. The summed E-state index contributed by atoms with van der Waals surface area (Å²) in [6.45, 7) is 2.64. The molecule has 1 aromatic carbocycles. The van der Waals surface area contributed by atoms with E-state index in [1.807, 2.05) is 47.4 Å². The molecule has 160 valence electrons. The first kappa shape index (κ1) is 20.5. The van der Waals surface area contributed by atoms with Gasteiger partial charge in [0.15, 0.2) is 23.1 Å². The van der Waals surface area contributed by atoms with Gasteiger partial charge in [0.2, 0.25) is 5.91 Å². The van der Waals surface area contributed by atoms with Crippen LogP contribution in [0.2, 0.25) is 0 Å². The maximum absolute atomic E-state index is 12.6. The van der Waals surface area contributed by atoms with Crippen LogP contribution in [-0.4, -0.2) is 61.4 Å². The molecule has 1 amide bonds. The summed E-state index contributed by atoms with van der Waals surface area (Å²) in [5.41, 5.74) is 1.57. The highest BCUT2D eigenvalue weighted by Crippen LogP contribution is 2.28. The minimum atomic E-state index is -0.0197. The lowest BCUT2D eigenvalue weighted by Crippen LogP contribution is -2.48. The van der Waals surface area contributed by atoms with Crippen molar-refractivity contribution in [3.8, 4) is 23.0 Å². The van der Waals surface area contributed by atoms with Crippen molar-refractivity contribution in [1.82, 2.24) is 15.1 Å². The van der Waals surface area contributed by atoms with Crippen LogP contribution in [0.5, 0.6) is 11.5 Å². The molecule has 1 saturated heterocycles. The average Bonchev–Trinajstić information content (AvgIpc) is 3.37. The van der Waals surface area contributed by atoms with Crippen LogP contribution < -0.4 is 14.4 Å². The molecular formula is C23H24N4O4. The average molecular weight is 420 g/mol. The molecule has 8 heteroatoms. The minimum absolute atomic E-state index is 0.0197. The molecule has 4 rings (SSSR count). The molecule has 1 aliphatic heterocycles. The Morgan fingerprint density at radius 2 is 1.81 bits per heavy atom. The molecule has 2 aromatic heterocycles. The SMILES string of the molecule is COc1ccc(/C=C/C(=O)N2CCN(c3ccc(-c4ccco4)nn3)CC2)cc1OC. The van der Waals surface area contributed by atoms with Gasteiger partial charge in [0.25, 0.3) is 0 Å². The molecule has 0 atom stereocenters. The van der Waals surface area contributed by atoms with Crippen LogP contribution >= 0.6 is 0 Å². The van der Waals surface area contributed by atoms with E-state index >= 15 is 0 Å². The second kappa shape index (κ2) is 9.34. The fourth-order valence-corrected chi connectivity index (χ4v) is 3.43. The molecule has 0 spiro atoms. The lowest BCUT2D eigenvalue weighted by Gasteiger charge is -2.34. The highest BCUT2D eigenvalue weighted by Gasteiger charge is 2.21. The third kappa shape index (κ3) is 4.69. The number of rotatable bonds is 6. The second-order valence-corrected chi connectivity index (χ2v) is 7.01. The van der Waals surface area contributed by atoms with E-state index in [4.69, 9.17) is 13.9 Å². The normalized spacial score (nSPS) is 14.1. The van der Waals surface area contributed by atoms with Crippen LogP contribution in [0.3, 0.4) is 0 Å². The molecule has 3 aromatic rings. The lowest BCUT2D eigenvalue weighted by molar-refractivity contribution is -0.126.